The van der Waals surface area contributed by atoms with Gasteiger partial charge in [-0.25, -0.2) is 0 Å². The van der Waals surface area contributed by atoms with Crippen molar-refractivity contribution in [1.82, 2.24) is 10.3 Å². The number of hydrogen-bond donors (Lipinski definition) is 2. The van der Waals surface area contributed by atoms with Crippen molar-refractivity contribution in [2.45, 2.75) is 12.7 Å². The number of nitrogens with one attached hydrogen (secondary N) is 1. The highest BCUT2D eigenvalue weighted by molar-refractivity contribution is 6.00. The number of carbonyl (C=O) groups excluding carboxylic acids is 1. The molecule has 0 unspecified atom stereocenters. The number of rotatable bonds is 3. The van der Waals surface area contributed by atoms with E-state index >= 15 is 0 Å². The Morgan fingerprint density at radius 2 is 1.84 bits per heavy atom. The number of carbonyl (C=O) groups is 1. The summed E-state index contributed by atoms with van der Waals surface area (Å²) in [6.45, 7) is 0.0384. The molecule has 0 bridgehead atoms. The largest absolute Gasteiger partial charge is 0.507 e. The summed E-state index contributed by atoms with van der Waals surface area (Å²) in [6, 6.07) is 10.9. The minimum Gasteiger partial charge on any atom is -0.507 e. The number of phenols is 1. The van der Waals surface area contributed by atoms with Gasteiger partial charge in [0, 0.05) is 18.1 Å². The van der Waals surface area contributed by atoms with Crippen LogP contribution in [0.1, 0.15) is 21.5 Å². The first-order valence-electron chi connectivity index (χ1n) is 7.36. The number of pyridine rings is 1. The Morgan fingerprint density at radius 1 is 1.12 bits per heavy atom. The number of halogens is 3. The van der Waals surface area contributed by atoms with Crippen LogP contribution in [-0.2, 0) is 12.7 Å². The lowest BCUT2D eigenvalue weighted by atomic mass is 10.1. The molecule has 128 valence electrons. The van der Waals surface area contributed by atoms with Crippen LogP contribution < -0.4 is 5.32 Å². The van der Waals surface area contributed by atoms with Crippen LogP contribution in [0.5, 0.6) is 5.75 Å². The standard InChI is InChI=1S/C18H13F3N2O2/c19-18(20,21)13-5-3-11(4-6-13)10-23-17(25)14-9-15-12(8-16(14)24)2-1-7-22-15/h1-9,24H,10H2,(H,23,25). The Bertz CT molecular complexity index is 922. The first kappa shape index (κ1) is 16.8. The van der Waals surface area contributed by atoms with E-state index in [1.807, 2.05) is 0 Å². The van der Waals surface area contributed by atoms with Gasteiger partial charge in [0.05, 0.1) is 16.6 Å². The molecule has 7 heteroatoms. The van der Waals surface area contributed by atoms with Gasteiger partial charge in [-0.15, -0.1) is 0 Å². The first-order valence-corrected chi connectivity index (χ1v) is 7.36. The average Bonchev–Trinajstić information content (AvgIpc) is 2.58. The molecular formula is C18H13F3N2O2. The van der Waals surface area contributed by atoms with Gasteiger partial charge in [0.2, 0.25) is 0 Å². The second-order valence-corrected chi connectivity index (χ2v) is 5.44. The van der Waals surface area contributed by atoms with Gasteiger partial charge < -0.3 is 10.4 Å². The zero-order valence-electron chi connectivity index (χ0n) is 12.8. The predicted octanol–water partition coefficient (Wildman–Crippen LogP) is 3.89. The van der Waals surface area contributed by atoms with Gasteiger partial charge in [-0.2, -0.15) is 13.2 Å². The van der Waals surface area contributed by atoms with E-state index in [0.29, 0.717) is 16.5 Å². The number of aromatic hydroxyl groups is 1. The third kappa shape index (κ3) is 3.71. The van der Waals surface area contributed by atoms with Gasteiger partial charge in [0.15, 0.2) is 0 Å². The second-order valence-electron chi connectivity index (χ2n) is 5.44. The third-order valence-electron chi connectivity index (χ3n) is 3.70. The van der Waals surface area contributed by atoms with Crippen LogP contribution in [0.3, 0.4) is 0 Å². The topological polar surface area (TPSA) is 62.2 Å². The van der Waals surface area contributed by atoms with Crippen molar-refractivity contribution in [2.24, 2.45) is 0 Å². The number of amides is 1. The molecule has 2 aromatic carbocycles. The number of alkyl halides is 3. The molecule has 25 heavy (non-hydrogen) atoms. The molecule has 1 amide bonds. The van der Waals surface area contributed by atoms with Crippen molar-refractivity contribution in [3.63, 3.8) is 0 Å². The van der Waals surface area contributed by atoms with Gasteiger partial charge in [-0.3, -0.25) is 9.78 Å². The zero-order valence-corrected chi connectivity index (χ0v) is 12.8. The van der Waals surface area contributed by atoms with Crippen LogP contribution >= 0.6 is 0 Å². The fraction of sp³-hybridized carbons (Fsp3) is 0.111. The summed E-state index contributed by atoms with van der Waals surface area (Å²) >= 11 is 0. The Labute approximate surface area is 140 Å². The van der Waals surface area contributed by atoms with Gasteiger partial charge in [-0.05, 0) is 35.9 Å². The molecule has 0 saturated heterocycles. The Kier molecular flexibility index (Phi) is 4.31. The normalized spacial score (nSPS) is 11.5. The lowest BCUT2D eigenvalue weighted by molar-refractivity contribution is -0.137. The number of aromatic nitrogens is 1. The Balaban J connectivity index is 1.73. The van der Waals surface area contributed by atoms with Gasteiger partial charge in [0.1, 0.15) is 5.75 Å². The quantitative estimate of drug-likeness (QED) is 0.756. The number of phenolic OH excluding ortho intramolecular Hbond substituents is 1. The maximum atomic E-state index is 12.5. The molecule has 0 atom stereocenters. The van der Waals surface area contributed by atoms with Crippen LogP contribution in [0.15, 0.2) is 54.7 Å². The molecule has 0 aliphatic heterocycles. The molecule has 0 aliphatic rings. The highest BCUT2D eigenvalue weighted by atomic mass is 19.4. The number of nitrogens with zero attached hydrogens (tertiary/aromatic N) is 1. The highest BCUT2D eigenvalue weighted by Crippen LogP contribution is 2.29. The summed E-state index contributed by atoms with van der Waals surface area (Å²) in [6.07, 6.45) is -2.82. The molecule has 1 aromatic heterocycles. The minimum atomic E-state index is -4.40. The molecule has 2 N–H and O–H groups in total. The van der Waals surface area contributed by atoms with Crippen LogP contribution in [-0.4, -0.2) is 16.0 Å². The third-order valence-corrected chi connectivity index (χ3v) is 3.70. The van der Waals surface area contributed by atoms with Gasteiger partial charge in [0.25, 0.3) is 5.91 Å². The fourth-order valence-electron chi connectivity index (χ4n) is 2.38. The Morgan fingerprint density at radius 3 is 2.52 bits per heavy atom. The minimum absolute atomic E-state index is 0.0384. The smallest absolute Gasteiger partial charge is 0.416 e. The van der Waals surface area contributed by atoms with Gasteiger partial charge in [-0.1, -0.05) is 18.2 Å². The zero-order chi connectivity index (χ0) is 18.0. The molecule has 0 aliphatic carbocycles. The summed E-state index contributed by atoms with van der Waals surface area (Å²) < 4.78 is 37.6. The van der Waals surface area contributed by atoms with Crippen LogP contribution in [0.25, 0.3) is 10.9 Å². The SMILES string of the molecule is O=C(NCc1ccc(C(F)(F)F)cc1)c1cc2ncccc2cc1O. The Hall–Kier alpha value is -3.09. The molecule has 0 saturated carbocycles. The maximum absolute atomic E-state index is 12.5. The summed E-state index contributed by atoms with van der Waals surface area (Å²) in [4.78, 5) is 16.3. The van der Waals surface area contributed by atoms with E-state index in [9.17, 15) is 23.1 Å². The highest BCUT2D eigenvalue weighted by Gasteiger charge is 2.29. The van der Waals surface area contributed by atoms with Crippen molar-refractivity contribution in [2.75, 3.05) is 0 Å². The van der Waals surface area contributed by atoms with Crippen molar-refractivity contribution in [3.05, 3.63) is 71.4 Å². The lowest BCUT2D eigenvalue weighted by Crippen LogP contribution is -2.23. The molecule has 1 heterocycles. The number of fused-ring (bicyclic) bond motifs is 1. The average molecular weight is 346 g/mol. The molecule has 0 fully saturated rings. The number of hydrogen-bond acceptors (Lipinski definition) is 3. The van der Waals surface area contributed by atoms with Crippen LogP contribution in [0.2, 0.25) is 0 Å². The fourth-order valence-corrected chi connectivity index (χ4v) is 2.38. The molecule has 0 radical (unpaired) electrons. The van der Waals surface area contributed by atoms with E-state index in [1.54, 1.807) is 18.3 Å². The van der Waals surface area contributed by atoms with E-state index in [0.717, 1.165) is 12.1 Å². The van der Waals surface area contributed by atoms with E-state index in [-0.39, 0.29) is 17.9 Å². The van der Waals surface area contributed by atoms with E-state index in [2.05, 4.69) is 10.3 Å². The summed E-state index contributed by atoms with van der Waals surface area (Å²) in [5.74, 6) is -0.727. The van der Waals surface area contributed by atoms with E-state index in [4.69, 9.17) is 0 Å². The maximum Gasteiger partial charge on any atom is 0.416 e. The van der Waals surface area contributed by atoms with Crippen molar-refractivity contribution >= 4 is 16.8 Å². The first-order chi connectivity index (χ1) is 11.8. The molecule has 3 aromatic rings. The monoisotopic (exact) mass is 346 g/mol. The van der Waals surface area contributed by atoms with Crippen LogP contribution in [0, 0.1) is 0 Å². The summed E-state index contributed by atoms with van der Waals surface area (Å²) in [7, 11) is 0. The number of benzene rings is 2. The van der Waals surface area contributed by atoms with Crippen molar-refractivity contribution < 1.29 is 23.1 Å². The molecule has 3 rings (SSSR count). The molecular weight excluding hydrogens is 333 g/mol. The second kappa shape index (κ2) is 6.43. The van der Waals surface area contributed by atoms with E-state index in [1.165, 1.54) is 24.3 Å². The van der Waals surface area contributed by atoms with Crippen molar-refractivity contribution in [3.8, 4) is 5.75 Å². The molecule has 4 nitrogen and oxygen atoms in total. The predicted molar refractivity (Wildman–Crippen MR) is 86.0 cm³/mol. The van der Waals surface area contributed by atoms with Crippen LogP contribution in [0.4, 0.5) is 13.2 Å². The van der Waals surface area contributed by atoms with Gasteiger partial charge >= 0.3 is 6.18 Å². The molecule has 0 spiro atoms. The summed E-state index contributed by atoms with van der Waals surface area (Å²) in [5, 5.41) is 13.3. The summed E-state index contributed by atoms with van der Waals surface area (Å²) in [5.41, 5.74) is 0.374. The van der Waals surface area contributed by atoms with Crippen molar-refractivity contribution in [1.29, 1.82) is 0 Å². The lowest BCUT2D eigenvalue weighted by Gasteiger charge is -2.10. The van der Waals surface area contributed by atoms with E-state index < -0.39 is 17.6 Å².